The number of hydrogen-bond donors (Lipinski definition) is 1. The highest BCUT2D eigenvalue weighted by Crippen LogP contribution is 2.26. The molecular formula is C25H27N5O4S. The van der Waals surface area contributed by atoms with Gasteiger partial charge in [-0.2, -0.15) is 10.1 Å². The fourth-order valence-corrected chi connectivity index (χ4v) is 4.72. The molecule has 4 rings (SSSR count). The van der Waals surface area contributed by atoms with E-state index in [0.29, 0.717) is 41.3 Å². The molecule has 0 unspecified atom stereocenters. The van der Waals surface area contributed by atoms with Gasteiger partial charge < -0.3 is 9.47 Å². The van der Waals surface area contributed by atoms with Crippen LogP contribution in [0.2, 0.25) is 0 Å². The predicted molar refractivity (Wildman–Crippen MR) is 133 cm³/mol. The summed E-state index contributed by atoms with van der Waals surface area (Å²) in [6.07, 6.45) is 0. The average molecular weight is 494 g/mol. The largest absolute Gasteiger partial charge is 0.494 e. The Morgan fingerprint density at radius 2 is 1.69 bits per heavy atom. The van der Waals surface area contributed by atoms with Crippen LogP contribution in [0, 0.1) is 27.7 Å². The van der Waals surface area contributed by atoms with Crippen LogP contribution < -0.4 is 14.2 Å². The summed E-state index contributed by atoms with van der Waals surface area (Å²) >= 11 is 0. The van der Waals surface area contributed by atoms with Gasteiger partial charge in [0.2, 0.25) is 5.88 Å². The van der Waals surface area contributed by atoms with Gasteiger partial charge in [-0.25, -0.2) is 18.1 Å². The number of anilines is 1. The van der Waals surface area contributed by atoms with Crippen molar-refractivity contribution in [3.05, 3.63) is 77.4 Å². The van der Waals surface area contributed by atoms with Crippen LogP contribution in [0.15, 0.2) is 59.5 Å². The van der Waals surface area contributed by atoms with E-state index in [1.807, 2.05) is 33.8 Å². The molecule has 0 atom stereocenters. The van der Waals surface area contributed by atoms with Gasteiger partial charge in [0.25, 0.3) is 10.0 Å². The Balaban J connectivity index is 1.50. The van der Waals surface area contributed by atoms with Gasteiger partial charge in [-0.15, -0.1) is 0 Å². The summed E-state index contributed by atoms with van der Waals surface area (Å²) < 4.78 is 41.4. The number of aryl methyl sites for hydroxylation is 4. The van der Waals surface area contributed by atoms with E-state index in [4.69, 9.17) is 9.47 Å². The number of sulfonamides is 1. The molecule has 1 N–H and O–H groups in total. The van der Waals surface area contributed by atoms with Crippen molar-refractivity contribution in [3.63, 3.8) is 0 Å². The van der Waals surface area contributed by atoms with Crippen LogP contribution in [0.1, 0.15) is 29.7 Å². The second-order valence-corrected chi connectivity index (χ2v) is 9.73. The van der Waals surface area contributed by atoms with Gasteiger partial charge in [-0.3, -0.25) is 4.72 Å². The fraction of sp³-hybridized carbons (Fsp3) is 0.240. The first-order chi connectivity index (χ1) is 16.6. The topological polar surface area (TPSA) is 108 Å². The molecule has 0 fully saturated rings. The Hall–Kier alpha value is -3.92. The van der Waals surface area contributed by atoms with E-state index in [-0.39, 0.29) is 4.90 Å². The molecule has 0 aliphatic carbocycles. The average Bonchev–Trinajstić information content (AvgIpc) is 3.14. The number of nitrogens with one attached hydrogen (secondary N) is 1. The fourth-order valence-electron chi connectivity index (χ4n) is 3.58. The van der Waals surface area contributed by atoms with Crippen LogP contribution >= 0.6 is 0 Å². The normalized spacial score (nSPS) is 11.3. The summed E-state index contributed by atoms with van der Waals surface area (Å²) in [6.45, 7) is 9.85. The van der Waals surface area contributed by atoms with E-state index in [1.54, 1.807) is 54.1 Å². The van der Waals surface area contributed by atoms with Gasteiger partial charge >= 0.3 is 0 Å². The van der Waals surface area contributed by atoms with E-state index in [0.717, 1.165) is 17.0 Å². The Kier molecular flexibility index (Phi) is 6.74. The third kappa shape index (κ3) is 5.60. The first-order valence-electron chi connectivity index (χ1n) is 11.1. The first kappa shape index (κ1) is 24.2. The number of rotatable bonds is 8. The van der Waals surface area contributed by atoms with Gasteiger partial charge in [-0.05, 0) is 88.7 Å². The molecule has 0 spiro atoms. The van der Waals surface area contributed by atoms with E-state index >= 15 is 0 Å². The standard InChI is InChI=1S/C25H27N5O4S/c1-6-33-23-12-11-22(13-16(23)2)35(31,32)29-20-7-9-21(10-8-20)34-25-15-24(26-19(5)27-25)30-18(4)14-17(3)28-30/h7-15,29H,6H2,1-5H3. The Labute approximate surface area is 204 Å². The molecule has 0 aliphatic rings. The van der Waals surface area contributed by atoms with Gasteiger partial charge in [0, 0.05) is 17.4 Å². The Bertz CT molecular complexity index is 1460. The number of ether oxygens (including phenoxy) is 2. The molecule has 0 radical (unpaired) electrons. The van der Waals surface area contributed by atoms with Crippen molar-refractivity contribution in [1.29, 1.82) is 0 Å². The van der Waals surface area contributed by atoms with Crippen LogP contribution in [-0.2, 0) is 10.0 Å². The summed E-state index contributed by atoms with van der Waals surface area (Å²) in [5, 5.41) is 4.46. The van der Waals surface area contributed by atoms with Gasteiger partial charge in [0.1, 0.15) is 17.3 Å². The highest BCUT2D eigenvalue weighted by molar-refractivity contribution is 7.92. The molecule has 2 aromatic carbocycles. The summed E-state index contributed by atoms with van der Waals surface area (Å²) in [4.78, 5) is 8.95. The van der Waals surface area contributed by atoms with E-state index in [9.17, 15) is 8.42 Å². The van der Waals surface area contributed by atoms with Crippen LogP contribution in [0.3, 0.4) is 0 Å². The predicted octanol–water partition coefficient (Wildman–Crippen LogP) is 4.89. The monoisotopic (exact) mass is 493 g/mol. The molecule has 182 valence electrons. The second kappa shape index (κ2) is 9.75. The molecule has 0 saturated carbocycles. The third-order valence-corrected chi connectivity index (χ3v) is 6.49. The Morgan fingerprint density at radius 3 is 2.31 bits per heavy atom. The highest BCUT2D eigenvalue weighted by Gasteiger charge is 2.16. The SMILES string of the molecule is CCOc1ccc(S(=O)(=O)Nc2ccc(Oc3cc(-n4nc(C)cc4C)nc(C)n3)cc2)cc1C. The molecular weight excluding hydrogens is 466 g/mol. The lowest BCUT2D eigenvalue weighted by Crippen LogP contribution is -2.13. The summed E-state index contributed by atoms with van der Waals surface area (Å²) in [5.74, 6) is 2.67. The molecule has 35 heavy (non-hydrogen) atoms. The molecule has 2 aromatic heterocycles. The number of benzene rings is 2. The molecule has 0 amide bonds. The molecule has 4 aromatic rings. The lowest BCUT2D eigenvalue weighted by atomic mass is 10.2. The molecule has 0 bridgehead atoms. The maximum absolute atomic E-state index is 12.8. The number of aromatic nitrogens is 4. The van der Waals surface area contributed by atoms with Crippen LogP contribution in [0.5, 0.6) is 17.4 Å². The maximum atomic E-state index is 12.8. The number of nitrogens with zero attached hydrogens (tertiary/aromatic N) is 4. The van der Waals surface area contributed by atoms with Crippen molar-refractivity contribution in [2.45, 2.75) is 39.5 Å². The van der Waals surface area contributed by atoms with Crippen molar-refractivity contribution >= 4 is 15.7 Å². The lowest BCUT2D eigenvalue weighted by molar-refractivity contribution is 0.337. The number of hydrogen-bond acceptors (Lipinski definition) is 7. The van der Waals surface area contributed by atoms with Crippen molar-refractivity contribution in [2.75, 3.05) is 11.3 Å². The van der Waals surface area contributed by atoms with Crippen molar-refractivity contribution < 1.29 is 17.9 Å². The van der Waals surface area contributed by atoms with Crippen LogP contribution in [-0.4, -0.2) is 34.8 Å². The van der Waals surface area contributed by atoms with Crippen molar-refractivity contribution in [3.8, 4) is 23.2 Å². The minimum atomic E-state index is -3.76. The van der Waals surface area contributed by atoms with Crippen LogP contribution in [0.25, 0.3) is 5.82 Å². The molecule has 0 aliphatic heterocycles. The van der Waals surface area contributed by atoms with Crippen molar-refractivity contribution in [2.24, 2.45) is 0 Å². The summed E-state index contributed by atoms with van der Waals surface area (Å²) in [5.41, 5.74) is 3.00. The van der Waals surface area contributed by atoms with E-state index in [2.05, 4.69) is 19.8 Å². The van der Waals surface area contributed by atoms with Gasteiger partial charge in [0.15, 0.2) is 5.82 Å². The van der Waals surface area contributed by atoms with Crippen molar-refractivity contribution in [1.82, 2.24) is 19.7 Å². The maximum Gasteiger partial charge on any atom is 0.261 e. The third-order valence-electron chi connectivity index (χ3n) is 5.11. The zero-order chi connectivity index (χ0) is 25.2. The quantitative estimate of drug-likeness (QED) is 0.372. The summed E-state index contributed by atoms with van der Waals surface area (Å²) in [6, 6.07) is 15.0. The molecule has 0 saturated heterocycles. The zero-order valence-electron chi connectivity index (χ0n) is 20.2. The minimum absolute atomic E-state index is 0.159. The van der Waals surface area contributed by atoms with Crippen LogP contribution in [0.4, 0.5) is 5.69 Å². The smallest absolute Gasteiger partial charge is 0.261 e. The Morgan fingerprint density at radius 1 is 0.943 bits per heavy atom. The molecule has 2 heterocycles. The highest BCUT2D eigenvalue weighted by atomic mass is 32.2. The molecule has 10 heteroatoms. The van der Waals surface area contributed by atoms with Gasteiger partial charge in [-0.1, -0.05) is 0 Å². The zero-order valence-corrected chi connectivity index (χ0v) is 21.0. The summed E-state index contributed by atoms with van der Waals surface area (Å²) in [7, 11) is -3.76. The van der Waals surface area contributed by atoms with Gasteiger partial charge in [0.05, 0.1) is 17.2 Å². The second-order valence-electron chi connectivity index (χ2n) is 8.04. The minimum Gasteiger partial charge on any atom is -0.494 e. The first-order valence-corrected chi connectivity index (χ1v) is 12.6. The lowest BCUT2D eigenvalue weighted by Gasteiger charge is -2.12. The van der Waals surface area contributed by atoms with E-state index < -0.39 is 10.0 Å². The van der Waals surface area contributed by atoms with E-state index in [1.165, 1.54) is 6.07 Å². The molecule has 9 nitrogen and oxygen atoms in total.